The minimum absolute atomic E-state index is 0.117. The van der Waals surface area contributed by atoms with Gasteiger partial charge < -0.3 is 0 Å². The molecule has 5 heteroatoms. The van der Waals surface area contributed by atoms with Gasteiger partial charge in [-0.1, -0.05) is 0 Å². The van der Waals surface area contributed by atoms with Crippen LogP contribution >= 0.6 is 0 Å². The molecule has 0 aromatic heterocycles. The number of halogens is 3. The molecule has 5 unspecified atom stereocenters. The highest BCUT2D eigenvalue weighted by Gasteiger charge is 2.56. The molecule has 0 aromatic carbocycles. The molecule has 0 heterocycles. The zero-order chi connectivity index (χ0) is 14.3. The molecule has 3 aliphatic rings. The summed E-state index contributed by atoms with van der Waals surface area (Å²) in [4.78, 5) is 12.1. The third-order valence-electron chi connectivity index (χ3n) is 5.26. The monoisotopic (exact) mass is 307 g/mol. The van der Waals surface area contributed by atoms with Crippen molar-refractivity contribution in [3.05, 3.63) is 0 Å². The van der Waals surface area contributed by atoms with E-state index >= 15 is 0 Å². The fraction of sp³-hybridized carbons (Fsp3) is 0.933. The second-order valence-corrected chi connectivity index (χ2v) is 9.05. The largest absolute Gasteiger partial charge is 0.433 e. The zero-order valence-corrected chi connectivity index (χ0v) is 12.4. The lowest BCUT2D eigenvalue weighted by atomic mass is 9.99. The van der Waals surface area contributed by atoms with E-state index in [1.807, 2.05) is 0 Å². The first-order chi connectivity index (χ1) is 9.44. The lowest BCUT2D eigenvalue weighted by Gasteiger charge is -2.30. The highest BCUT2D eigenvalue weighted by Crippen LogP contribution is 2.50. The van der Waals surface area contributed by atoms with Crippen LogP contribution in [0.5, 0.6) is 0 Å². The average molecular weight is 307 g/mol. The van der Waals surface area contributed by atoms with Gasteiger partial charge in [0.15, 0.2) is 11.0 Å². The van der Waals surface area contributed by atoms with Crippen molar-refractivity contribution >= 4 is 16.7 Å². The average Bonchev–Trinajstić information content (AvgIpc) is 2.98. The van der Waals surface area contributed by atoms with E-state index in [0.717, 1.165) is 32.1 Å². The van der Waals surface area contributed by atoms with Crippen LogP contribution in [0, 0.1) is 11.8 Å². The molecule has 5 atom stereocenters. The Labute approximate surface area is 121 Å². The molecule has 0 amide bonds. The standard InChI is InChI=1S/C15H22F3OS/c16-15(17,18)9-20(13-4-2-1-3-12(13)19)14-8-10-5-6-11(14)7-10/h10-11,13-14H,1-9H2/q+1. The van der Waals surface area contributed by atoms with Crippen molar-refractivity contribution in [2.24, 2.45) is 11.8 Å². The Kier molecular flexibility index (Phi) is 4.08. The Hall–Kier alpha value is -0.190. The van der Waals surface area contributed by atoms with Crippen molar-refractivity contribution in [3.63, 3.8) is 0 Å². The third-order valence-corrected chi connectivity index (χ3v) is 8.50. The molecule has 3 saturated carbocycles. The van der Waals surface area contributed by atoms with E-state index in [-0.39, 0.29) is 16.3 Å². The molecule has 3 rings (SSSR count). The molecule has 0 aliphatic heterocycles. The molecular weight excluding hydrogens is 285 g/mol. The van der Waals surface area contributed by atoms with Gasteiger partial charge in [0.25, 0.3) is 0 Å². The maximum Gasteiger partial charge on any atom is 0.433 e. The topological polar surface area (TPSA) is 17.1 Å². The molecule has 0 aromatic rings. The third kappa shape index (κ3) is 3.02. The number of alkyl halides is 3. The molecule has 1 nitrogen and oxygen atoms in total. The smallest absolute Gasteiger partial charge is 0.294 e. The fourth-order valence-electron chi connectivity index (χ4n) is 4.44. The van der Waals surface area contributed by atoms with Crippen molar-refractivity contribution in [1.82, 2.24) is 0 Å². The molecule has 0 radical (unpaired) electrons. The lowest BCUT2D eigenvalue weighted by Crippen LogP contribution is -2.46. The van der Waals surface area contributed by atoms with Crippen LogP contribution in [0.1, 0.15) is 51.4 Å². The summed E-state index contributed by atoms with van der Waals surface area (Å²) >= 11 is 0. The summed E-state index contributed by atoms with van der Waals surface area (Å²) in [6.45, 7) is 0. The normalized spacial score (nSPS) is 39.2. The zero-order valence-electron chi connectivity index (χ0n) is 11.6. The van der Waals surface area contributed by atoms with Crippen LogP contribution in [0.15, 0.2) is 0 Å². The minimum Gasteiger partial charge on any atom is -0.294 e. The van der Waals surface area contributed by atoms with Gasteiger partial charge in [-0.2, -0.15) is 13.2 Å². The van der Waals surface area contributed by atoms with Gasteiger partial charge in [0, 0.05) is 29.7 Å². The molecule has 3 aliphatic carbocycles. The first-order valence-corrected chi connectivity index (χ1v) is 9.24. The number of Topliss-reactive ketones (excluding diaryl/α,β-unsaturated/α-hetero) is 1. The van der Waals surface area contributed by atoms with Crippen LogP contribution in [-0.2, 0) is 15.7 Å². The van der Waals surface area contributed by atoms with E-state index in [9.17, 15) is 18.0 Å². The van der Waals surface area contributed by atoms with E-state index in [4.69, 9.17) is 0 Å². The maximum atomic E-state index is 13.0. The SMILES string of the molecule is O=C1CCCCC1[S+](CC(F)(F)F)C1CC2CCC1C2. The highest BCUT2D eigenvalue weighted by atomic mass is 32.2. The van der Waals surface area contributed by atoms with Crippen LogP contribution in [0.25, 0.3) is 0 Å². The minimum atomic E-state index is -4.12. The second kappa shape index (κ2) is 5.54. The van der Waals surface area contributed by atoms with Crippen molar-refractivity contribution in [2.75, 3.05) is 5.75 Å². The first kappa shape index (κ1) is 14.7. The molecule has 114 valence electrons. The number of rotatable bonds is 3. The molecule has 2 bridgehead atoms. The van der Waals surface area contributed by atoms with Crippen molar-refractivity contribution in [1.29, 1.82) is 0 Å². The van der Waals surface area contributed by atoms with Crippen molar-refractivity contribution < 1.29 is 18.0 Å². The van der Waals surface area contributed by atoms with Gasteiger partial charge in [-0.05, 0) is 44.4 Å². The summed E-state index contributed by atoms with van der Waals surface area (Å²) < 4.78 is 38.9. The Balaban J connectivity index is 1.78. The molecule has 0 N–H and O–H groups in total. The van der Waals surface area contributed by atoms with Crippen LogP contribution in [0.2, 0.25) is 0 Å². The van der Waals surface area contributed by atoms with Crippen LogP contribution in [-0.4, -0.2) is 28.2 Å². The number of carbonyl (C=O) groups excluding carboxylic acids is 1. The van der Waals surface area contributed by atoms with Gasteiger partial charge in [0.05, 0.1) is 0 Å². The van der Waals surface area contributed by atoms with Gasteiger partial charge in [-0.15, -0.1) is 0 Å². The lowest BCUT2D eigenvalue weighted by molar-refractivity contribution is -0.119. The molecule has 0 saturated heterocycles. The van der Waals surface area contributed by atoms with E-state index < -0.39 is 22.8 Å². The predicted molar refractivity (Wildman–Crippen MR) is 74.8 cm³/mol. The fourth-order valence-corrected chi connectivity index (χ4v) is 7.84. The molecule has 0 spiro atoms. The number of fused-ring (bicyclic) bond motifs is 2. The van der Waals surface area contributed by atoms with E-state index in [1.165, 1.54) is 6.42 Å². The van der Waals surface area contributed by atoms with Gasteiger partial charge in [0.1, 0.15) is 5.25 Å². The van der Waals surface area contributed by atoms with Crippen molar-refractivity contribution in [3.8, 4) is 0 Å². The number of ketones is 1. The maximum absolute atomic E-state index is 13.0. The summed E-state index contributed by atoms with van der Waals surface area (Å²) in [7, 11) is -0.760. The van der Waals surface area contributed by atoms with Gasteiger partial charge in [-0.25, -0.2) is 0 Å². The van der Waals surface area contributed by atoms with Crippen LogP contribution in [0.4, 0.5) is 13.2 Å². The molecule has 3 fully saturated rings. The summed E-state index contributed by atoms with van der Waals surface area (Å²) in [6.07, 6.45) is 3.25. The molecular formula is C15H22F3OS+. The summed E-state index contributed by atoms with van der Waals surface area (Å²) in [5.41, 5.74) is 0. The predicted octanol–water partition coefficient (Wildman–Crippen LogP) is 3.87. The quantitative estimate of drug-likeness (QED) is 0.724. The van der Waals surface area contributed by atoms with Crippen molar-refractivity contribution in [2.45, 2.75) is 68.0 Å². The number of hydrogen-bond donors (Lipinski definition) is 0. The van der Waals surface area contributed by atoms with Gasteiger partial charge in [0.2, 0.25) is 5.75 Å². The van der Waals surface area contributed by atoms with Crippen LogP contribution in [0.3, 0.4) is 0 Å². The summed E-state index contributed by atoms with van der Waals surface area (Å²) in [5, 5.41) is -0.0999. The number of carbonyl (C=O) groups is 1. The van der Waals surface area contributed by atoms with E-state index in [2.05, 4.69) is 0 Å². The Morgan fingerprint density at radius 1 is 1.10 bits per heavy atom. The van der Waals surface area contributed by atoms with Gasteiger partial charge in [-0.3, -0.25) is 4.79 Å². The molecule has 20 heavy (non-hydrogen) atoms. The first-order valence-electron chi connectivity index (χ1n) is 7.72. The van der Waals surface area contributed by atoms with Crippen LogP contribution < -0.4 is 0 Å². The Morgan fingerprint density at radius 3 is 2.45 bits per heavy atom. The number of hydrogen-bond acceptors (Lipinski definition) is 1. The summed E-state index contributed by atoms with van der Waals surface area (Å²) in [6, 6.07) is 0. The second-order valence-electron chi connectivity index (χ2n) is 6.64. The summed E-state index contributed by atoms with van der Waals surface area (Å²) in [5.74, 6) is 0.524. The van der Waals surface area contributed by atoms with E-state index in [0.29, 0.717) is 24.7 Å². The Morgan fingerprint density at radius 2 is 1.90 bits per heavy atom. The van der Waals surface area contributed by atoms with E-state index in [1.54, 1.807) is 0 Å². The highest BCUT2D eigenvalue weighted by molar-refractivity contribution is 7.98. The Bertz CT molecular complexity index is 382. The van der Waals surface area contributed by atoms with Gasteiger partial charge >= 0.3 is 6.18 Å².